The van der Waals surface area contributed by atoms with Crippen LogP contribution >= 0.6 is 12.6 Å². The summed E-state index contributed by atoms with van der Waals surface area (Å²) < 4.78 is 0. The molecule has 0 aliphatic heterocycles. The van der Waals surface area contributed by atoms with Crippen LogP contribution in [0, 0.1) is 0 Å². The van der Waals surface area contributed by atoms with E-state index in [0.717, 1.165) is 18.5 Å². The van der Waals surface area contributed by atoms with Crippen molar-refractivity contribution in [2.24, 2.45) is 0 Å². The molecule has 11 heavy (non-hydrogen) atoms. The Bertz CT molecular complexity index is 190. The number of nitrogens with one attached hydrogen (secondary N) is 1. The highest BCUT2D eigenvalue weighted by Gasteiger charge is 2.07. The van der Waals surface area contributed by atoms with Gasteiger partial charge in [0.1, 0.15) is 0 Å². The summed E-state index contributed by atoms with van der Waals surface area (Å²) in [7, 11) is 0. The van der Waals surface area contributed by atoms with E-state index in [1.807, 2.05) is 0 Å². The van der Waals surface area contributed by atoms with Gasteiger partial charge < -0.3 is 5.11 Å². The zero-order chi connectivity index (χ0) is 8.10. The first-order chi connectivity index (χ1) is 5.34. The van der Waals surface area contributed by atoms with E-state index < -0.39 is 0 Å². The minimum Gasteiger partial charge on any atom is -0.396 e. The van der Waals surface area contributed by atoms with Crippen LogP contribution < -0.4 is 0 Å². The molecule has 1 heterocycles. The van der Waals surface area contributed by atoms with Crippen molar-refractivity contribution in [3.8, 4) is 0 Å². The van der Waals surface area contributed by atoms with E-state index in [1.54, 1.807) is 6.20 Å². The van der Waals surface area contributed by atoms with Crippen molar-refractivity contribution < 1.29 is 5.11 Å². The molecule has 2 N–H and O–H groups in total. The summed E-state index contributed by atoms with van der Waals surface area (Å²) in [4.78, 5) is 0. The van der Waals surface area contributed by atoms with E-state index in [-0.39, 0.29) is 11.9 Å². The first-order valence-electron chi connectivity index (χ1n) is 3.49. The second-order valence-corrected chi connectivity index (χ2v) is 2.90. The molecule has 0 amide bonds. The quantitative estimate of drug-likeness (QED) is 0.583. The molecule has 0 saturated heterocycles. The molecule has 1 unspecified atom stereocenters. The minimum absolute atomic E-state index is 0.0842. The molecule has 62 valence electrons. The Kier molecular flexibility index (Phi) is 3.38. The van der Waals surface area contributed by atoms with E-state index >= 15 is 0 Å². The number of hydrogen-bond acceptors (Lipinski definition) is 4. The van der Waals surface area contributed by atoms with Gasteiger partial charge in [0, 0.05) is 11.9 Å². The van der Waals surface area contributed by atoms with E-state index in [1.165, 1.54) is 0 Å². The van der Waals surface area contributed by atoms with Crippen LogP contribution in [0.1, 0.15) is 23.8 Å². The lowest BCUT2D eigenvalue weighted by Gasteiger charge is -2.03. The molecule has 1 atom stereocenters. The summed E-state index contributed by atoms with van der Waals surface area (Å²) in [6, 6.07) is 0. The molecular formula is C6H11N3OS. The van der Waals surface area contributed by atoms with Crippen molar-refractivity contribution in [1.82, 2.24) is 15.4 Å². The molecule has 1 aromatic rings. The van der Waals surface area contributed by atoms with Crippen LogP contribution in [0.15, 0.2) is 6.20 Å². The topological polar surface area (TPSA) is 61.8 Å². The van der Waals surface area contributed by atoms with Gasteiger partial charge in [-0.15, -0.1) is 0 Å². The van der Waals surface area contributed by atoms with Gasteiger partial charge in [0.05, 0.1) is 11.9 Å². The lowest BCUT2D eigenvalue weighted by Crippen LogP contribution is -1.93. The first kappa shape index (κ1) is 8.55. The molecule has 4 nitrogen and oxygen atoms in total. The highest BCUT2D eigenvalue weighted by atomic mass is 32.1. The Morgan fingerprint density at radius 2 is 2.55 bits per heavy atom. The van der Waals surface area contributed by atoms with Crippen molar-refractivity contribution in [3.63, 3.8) is 0 Å². The molecular weight excluding hydrogens is 162 g/mol. The van der Waals surface area contributed by atoms with Crippen LogP contribution in [0.25, 0.3) is 0 Å². The van der Waals surface area contributed by atoms with Crippen LogP contribution in [0.5, 0.6) is 0 Å². The Balaban J connectivity index is 2.36. The number of rotatable bonds is 4. The fourth-order valence-electron chi connectivity index (χ4n) is 0.804. The summed E-state index contributed by atoms with van der Waals surface area (Å²) in [5, 5.41) is 18.7. The Morgan fingerprint density at radius 1 is 1.73 bits per heavy atom. The number of H-pyrrole nitrogens is 1. The van der Waals surface area contributed by atoms with E-state index in [0.29, 0.717) is 0 Å². The Labute approximate surface area is 70.4 Å². The third-order valence-electron chi connectivity index (χ3n) is 1.41. The van der Waals surface area contributed by atoms with Gasteiger partial charge in [0.25, 0.3) is 0 Å². The maximum Gasteiger partial charge on any atom is 0.0951 e. The van der Waals surface area contributed by atoms with Gasteiger partial charge in [-0.05, 0) is 12.8 Å². The van der Waals surface area contributed by atoms with Crippen molar-refractivity contribution in [3.05, 3.63) is 11.9 Å². The molecule has 1 aromatic heterocycles. The van der Waals surface area contributed by atoms with Crippen LogP contribution in [0.4, 0.5) is 0 Å². The van der Waals surface area contributed by atoms with Crippen molar-refractivity contribution in [1.29, 1.82) is 0 Å². The number of aromatic amines is 1. The fourth-order valence-corrected chi connectivity index (χ4v) is 1.11. The summed E-state index contributed by atoms with van der Waals surface area (Å²) in [5.41, 5.74) is 0.835. The van der Waals surface area contributed by atoms with Crippen LogP contribution in [0.2, 0.25) is 0 Å². The Morgan fingerprint density at radius 3 is 3.09 bits per heavy atom. The van der Waals surface area contributed by atoms with Gasteiger partial charge >= 0.3 is 0 Å². The van der Waals surface area contributed by atoms with Gasteiger partial charge in [0.2, 0.25) is 0 Å². The number of hydrogen-bond donors (Lipinski definition) is 3. The molecule has 5 heteroatoms. The maximum absolute atomic E-state index is 8.53. The molecule has 0 spiro atoms. The third-order valence-corrected chi connectivity index (χ3v) is 1.93. The third kappa shape index (κ3) is 2.51. The zero-order valence-electron chi connectivity index (χ0n) is 6.06. The second kappa shape index (κ2) is 4.35. The van der Waals surface area contributed by atoms with Crippen molar-refractivity contribution in [2.45, 2.75) is 18.1 Å². The standard InChI is InChI=1S/C6H11N3OS/c10-3-1-2-6(11)5-4-7-9-8-5/h4,6,10-11H,1-3H2,(H,7,8,9). The molecule has 0 bridgehead atoms. The Hall–Kier alpha value is -0.550. The lowest BCUT2D eigenvalue weighted by molar-refractivity contribution is 0.284. The average molecular weight is 173 g/mol. The largest absolute Gasteiger partial charge is 0.396 e. The maximum atomic E-state index is 8.53. The molecule has 0 aromatic carbocycles. The number of nitrogens with zero attached hydrogens (tertiary/aromatic N) is 2. The van der Waals surface area contributed by atoms with Crippen molar-refractivity contribution >= 4 is 12.6 Å². The highest BCUT2D eigenvalue weighted by Crippen LogP contribution is 2.21. The first-order valence-corrected chi connectivity index (χ1v) is 4.01. The molecule has 1 rings (SSSR count). The van der Waals surface area contributed by atoms with Crippen molar-refractivity contribution in [2.75, 3.05) is 6.61 Å². The highest BCUT2D eigenvalue weighted by molar-refractivity contribution is 7.80. The predicted molar refractivity (Wildman–Crippen MR) is 44.4 cm³/mol. The molecule has 0 aliphatic carbocycles. The fraction of sp³-hybridized carbons (Fsp3) is 0.667. The normalized spacial score (nSPS) is 13.3. The SMILES string of the molecule is OCCCC(S)c1cn[nH]n1. The summed E-state index contributed by atoms with van der Waals surface area (Å²) in [6.07, 6.45) is 3.22. The molecule has 0 aliphatic rings. The van der Waals surface area contributed by atoms with E-state index in [2.05, 4.69) is 28.0 Å². The summed E-state index contributed by atoms with van der Waals surface area (Å²) in [5.74, 6) is 0. The van der Waals surface area contributed by atoms with Crippen LogP contribution in [-0.4, -0.2) is 27.1 Å². The molecule has 0 radical (unpaired) electrons. The molecule has 0 fully saturated rings. The zero-order valence-corrected chi connectivity index (χ0v) is 6.96. The minimum atomic E-state index is 0.0842. The van der Waals surface area contributed by atoms with Crippen LogP contribution in [0.3, 0.4) is 0 Å². The van der Waals surface area contributed by atoms with Gasteiger partial charge in [0.15, 0.2) is 0 Å². The number of aromatic nitrogens is 3. The second-order valence-electron chi connectivity index (χ2n) is 2.28. The molecule has 0 saturated carbocycles. The lowest BCUT2D eigenvalue weighted by atomic mass is 10.2. The number of aliphatic hydroxyl groups is 1. The van der Waals surface area contributed by atoms with Gasteiger partial charge in [-0.1, -0.05) is 0 Å². The van der Waals surface area contributed by atoms with Gasteiger partial charge in [-0.25, -0.2) is 0 Å². The number of thiol groups is 1. The van der Waals surface area contributed by atoms with Gasteiger partial charge in [-0.3, -0.25) is 0 Å². The summed E-state index contributed by atoms with van der Waals surface area (Å²) >= 11 is 4.29. The van der Waals surface area contributed by atoms with E-state index in [4.69, 9.17) is 5.11 Å². The monoisotopic (exact) mass is 173 g/mol. The number of aliphatic hydroxyl groups excluding tert-OH is 1. The smallest absolute Gasteiger partial charge is 0.0951 e. The average Bonchev–Trinajstić information content (AvgIpc) is 2.52. The van der Waals surface area contributed by atoms with Gasteiger partial charge in [-0.2, -0.15) is 28.0 Å². The summed E-state index contributed by atoms with van der Waals surface area (Å²) in [6.45, 7) is 0.203. The predicted octanol–water partition coefficient (Wildman–Crippen LogP) is 0.548. The van der Waals surface area contributed by atoms with E-state index in [9.17, 15) is 0 Å². The van der Waals surface area contributed by atoms with Crippen LogP contribution in [-0.2, 0) is 0 Å².